The molecule has 0 aromatic heterocycles. The van der Waals surface area contributed by atoms with Crippen molar-refractivity contribution in [1.29, 1.82) is 0 Å². The van der Waals surface area contributed by atoms with Crippen molar-refractivity contribution in [2.24, 2.45) is 5.10 Å². The molecule has 0 aliphatic heterocycles. The predicted molar refractivity (Wildman–Crippen MR) is 115 cm³/mol. The highest BCUT2D eigenvalue weighted by Crippen LogP contribution is 2.27. The fourth-order valence-corrected chi connectivity index (χ4v) is 3.39. The molecule has 4 aromatic carbocycles. The number of rotatable bonds is 4. The molecule has 4 rings (SSSR count). The molecule has 1 N–H and O–H groups in total. The molecule has 0 saturated heterocycles. The zero-order valence-corrected chi connectivity index (χ0v) is 15.8. The van der Waals surface area contributed by atoms with Gasteiger partial charge in [-0.15, -0.1) is 0 Å². The molecular formula is C22H14ClN3O3. The average Bonchev–Trinajstić information content (AvgIpc) is 2.73. The smallest absolute Gasteiger partial charge is 0.267 e. The van der Waals surface area contributed by atoms with Crippen molar-refractivity contribution in [2.45, 2.75) is 0 Å². The molecule has 0 unspecified atom stereocenters. The van der Waals surface area contributed by atoms with Gasteiger partial charge < -0.3 is 0 Å². The molecule has 0 fully saturated rings. The quantitative estimate of drug-likeness (QED) is 0.216. The Morgan fingerprint density at radius 3 is 2.21 bits per heavy atom. The molecule has 0 radical (unpaired) electrons. The third kappa shape index (κ3) is 3.66. The number of fused-ring (bicyclic) bond motifs is 2. The van der Waals surface area contributed by atoms with Gasteiger partial charge in [0, 0.05) is 17.2 Å². The second-order valence-corrected chi connectivity index (χ2v) is 6.76. The van der Waals surface area contributed by atoms with Gasteiger partial charge in [-0.2, -0.15) is 5.10 Å². The Hall–Kier alpha value is -3.77. The normalized spacial score (nSPS) is 11.2. The molecule has 1 amide bonds. The first-order valence-electron chi connectivity index (χ1n) is 8.72. The highest BCUT2D eigenvalue weighted by molar-refractivity contribution is 6.32. The number of amides is 1. The molecule has 0 bridgehead atoms. The van der Waals surface area contributed by atoms with Crippen LogP contribution in [-0.4, -0.2) is 17.0 Å². The molecular weight excluding hydrogens is 390 g/mol. The summed E-state index contributed by atoms with van der Waals surface area (Å²) in [6, 6.07) is 21.8. The summed E-state index contributed by atoms with van der Waals surface area (Å²) < 4.78 is 0. The molecule has 0 aliphatic rings. The Bertz CT molecular complexity index is 1250. The van der Waals surface area contributed by atoms with Gasteiger partial charge in [-0.25, -0.2) is 5.43 Å². The van der Waals surface area contributed by atoms with Gasteiger partial charge in [0.2, 0.25) is 0 Å². The maximum Gasteiger partial charge on any atom is 0.288 e. The third-order valence-electron chi connectivity index (χ3n) is 4.58. The predicted octanol–water partition coefficient (Wildman–Crippen LogP) is 5.32. The Labute approximate surface area is 170 Å². The minimum Gasteiger partial charge on any atom is -0.267 e. The van der Waals surface area contributed by atoms with Crippen molar-refractivity contribution in [1.82, 2.24) is 5.43 Å². The largest absolute Gasteiger partial charge is 0.288 e. The van der Waals surface area contributed by atoms with E-state index in [4.69, 9.17) is 11.6 Å². The first-order valence-corrected chi connectivity index (χ1v) is 9.10. The maximum absolute atomic E-state index is 12.4. The lowest BCUT2D eigenvalue weighted by Gasteiger charge is -2.08. The number of hydrogen-bond acceptors (Lipinski definition) is 4. The summed E-state index contributed by atoms with van der Waals surface area (Å²) in [6.45, 7) is 0. The molecule has 0 saturated carbocycles. The van der Waals surface area contributed by atoms with E-state index >= 15 is 0 Å². The summed E-state index contributed by atoms with van der Waals surface area (Å²) in [5.74, 6) is -0.564. The Morgan fingerprint density at radius 1 is 0.966 bits per heavy atom. The SMILES string of the molecule is O=C(N/N=C/c1c2ccccc2cc2ccccc12)c1ccc(Cl)c([N+](=O)[O-])c1. The number of nitrogens with one attached hydrogen (secondary N) is 1. The molecule has 0 spiro atoms. The topological polar surface area (TPSA) is 84.6 Å². The molecule has 4 aromatic rings. The lowest BCUT2D eigenvalue weighted by Crippen LogP contribution is -2.17. The zero-order valence-electron chi connectivity index (χ0n) is 15.0. The van der Waals surface area contributed by atoms with Crippen molar-refractivity contribution >= 4 is 51.0 Å². The van der Waals surface area contributed by atoms with E-state index in [9.17, 15) is 14.9 Å². The van der Waals surface area contributed by atoms with Gasteiger partial charge >= 0.3 is 0 Å². The van der Waals surface area contributed by atoms with Gasteiger partial charge in [0.15, 0.2) is 0 Å². The highest BCUT2D eigenvalue weighted by atomic mass is 35.5. The fourth-order valence-electron chi connectivity index (χ4n) is 3.20. The first-order chi connectivity index (χ1) is 14.0. The van der Waals surface area contributed by atoms with Gasteiger partial charge in [0.25, 0.3) is 11.6 Å². The molecule has 0 atom stereocenters. The van der Waals surface area contributed by atoms with Crippen LogP contribution in [0.4, 0.5) is 5.69 Å². The van der Waals surface area contributed by atoms with Crippen LogP contribution in [-0.2, 0) is 0 Å². The summed E-state index contributed by atoms with van der Waals surface area (Å²) in [7, 11) is 0. The van der Waals surface area contributed by atoms with Crippen LogP contribution in [0.5, 0.6) is 0 Å². The van der Waals surface area contributed by atoms with Crippen molar-refractivity contribution < 1.29 is 9.72 Å². The van der Waals surface area contributed by atoms with E-state index in [0.717, 1.165) is 33.2 Å². The second-order valence-electron chi connectivity index (χ2n) is 6.35. The number of benzene rings is 4. The summed E-state index contributed by atoms with van der Waals surface area (Å²) in [5.41, 5.74) is 3.07. The van der Waals surface area contributed by atoms with Gasteiger partial charge in [0.05, 0.1) is 11.1 Å². The van der Waals surface area contributed by atoms with Crippen LogP contribution in [0.15, 0.2) is 77.9 Å². The standard InChI is InChI=1S/C22H14ClN3O3/c23-20-10-9-16(12-21(20)26(28)29)22(27)25-24-13-19-17-7-3-1-5-14(17)11-15-6-2-4-8-18(15)19/h1-13H,(H,25,27)/b24-13+. The lowest BCUT2D eigenvalue weighted by atomic mass is 9.97. The van der Waals surface area contributed by atoms with Crippen LogP contribution in [0.3, 0.4) is 0 Å². The van der Waals surface area contributed by atoms with Gasteiger partial charge in [-0.1, -0.05) is 60.1 Å². The monoisotopic (exact) mass is 403 g/mol. The zero-order chi connectivity index (χ0) is 20.4. The molecule has 0 heterocycles. The van der Waals surface area contributed by atoms with Crippen molar-refractivity contribution in [3.63, 3.8) is 0 Å². The number of carbonyl (C=O) groups excluding carboxylic acids is 1. The summed E-state index contributed by atoms with van der Waals surface area (Å²) in [4.78, 5) is 22.7. The minimum absolute atomic E-state index is 0.0303. The van der Waals surface area contributed by atoms with Gasteiger partial charge in [0.1, 0.15) is 5.02 Å². The second kappa shape index (κ2) is 7.69. The van der Waals surface area contributed by atoms with Crippen molar-refractivity contribution in [3.8, 4) is 0 Å². The van der Waals surface area contributed by atoms with Gasteiger partial charge in [-0.05, 0) is 39.7 Å². The van der Waals surface area contributed by atoms with Crippen LogP contribution in [0.2, 0.25) is 5.02 Å². The summed E-state index contributed by atoms with van der Waals surface area (Å²) >= 11 is 5.79. The fraction of sp³-hybridized carbons (Fsp3) is 0. The van der Waals surface area contributed by atoms with Crippen LogP contribution in [0.25, 0.3) is 21.5 Å². The molecule has 6 nitrogen and oxygen atoms in total. The number of halogens is 1. The first kappa shape index (κ1) is 18.6. The average molecular weight is 404 g/mol. The molecule has 29 heavy (non-hydrogen) atoms. The third-order valence-corrected chi connectivity index (χ3v) is 4.90. The van der Waals surface area contributed by atoms with E-state index in [1.54, 1.807) is 6.21 Å². The van der Waals surface area contributed by atoms with E-state index in [1.807, 2.05) is 48.5 Å². The number of hydrazone groups is 1. The van der Waals surface area contributed by atoms with E-state index in [0.29, 0.717) is 0 Å². The summed E-state index contributed by atoms with van der Waals surface area (Å²) in [6.07, 6.45) is 1.59. The van der Waals surface area contributed by atoms with E-state index in [-0.39, 0.29) is 16.3 Å². The highest BCUT2D eigenvalue weighted by Gasteiger charge is 2.16. The lowest BCUT2D eigenvalue weighted by molar-refractivity contribution is -0.384. The van der Waals surface area contributed by atoms with Crippen LogP contribution < -0.4 is 5.43 Å². The van der Waals surface area contributed by atoms with Crippen LogP contribution in [0, 0.1) is 10.1 Å². The number of nitrogens with zero attached hydrogens (tertiary/aromatic N) is 2. The van der Waals surface area contributed by atoms with Crippen molar-refractivity contribution in [3.05, 3.63) is 99.1 Å². The van der Waals surface area contributed by atoms with Crippen LogP contribution in [0.1, 0.15) is 15.9 Å². The molecule has 7 heteroatoms. The van der Waals surface area contributed by atoms with E-state index in [1.165, 1.54) is 12.1 Å². The number of carbonyl (C=O) groups is 1. The summed E-state index contributed by atoms with van der Waals surface area (Å²) in [5, 5.41) is 19.2. The van der Waals surface area contributed by atoms with Crippen LogP contribution >= 0.6 is 11.6 Å². The van der Waals surface area contributed by atoms with E-state index in [2.05, 4.69) is 16.6 Å². The maximum atomic E-state index is 12.4. The van der Waals surface area contributed by atoms with Gasteiger partial charge in [-0.3, -0.25) is 14.9 Å². The minimum atomic E-state index is -0.634. The Morgan fingerprint density at radius 2 is 1.59 bits per heavy atom. The molecule has 142 valence electrons. The Balaban J connectivity index is 1.67. The Kier molecular flexibility index (Phi) is 4.93. The van der Waals surface area contributed by atoms with Crippen molar-refractivity contribution in [2.75, 3.05) is 0 Å². The molecule has 0 aliphatic carbocycles. The van der Waals surface area contributed by atoms with E-state index < -0.39 is 10.8 Å². The number of nitro benzene ring substituents is 1. The number of nitro groups is 1. The number of hydrogen-bond donors (Lipinski definition) is 1.